The van der Waals surface area contributed by atoms with Crippen LogP contribution in [0.1, 0.15) is 5.56 Å². The van der Waals surface area contributed by atoms with Crippen LogP contribution in [0.3, 0.4) is 0 Å². The fourth-order valence-corrected chi connectivity index (χ4v) is 3.23. The lowest BCUT2D eigenvalue weighted by Crippen LogP contribution is -2.13. The molecule has 1 aromatic heterocycles. The third-order valence-electron chi connectivity index (χ3n) is 2.15. The Morgan fingerprint density at radius 2 is 2.17 bits per heavy atom. The second-order valence-electron chi connectivity index (χ2n) is 3.49. The van der Waals surface area contributed by atoms with Crippen LogP contribution in [-0.4, -0.2) is 18.6 Å². The van der Waals surface area contributed by atoms with Crippen LogP contribution in [0.5, 0.6) is 0 Å². The predicted octanol–water partition coefficient (Wildman–Crippen LogP) is 1.88. The highest BCUT2D eigenvalue weighted by molar-refractivity contribution is 7.93. The molecule has 2 rings (SSSR count). The van der Waals surface area contributed by atoms with E-state index < -0.39 is 10.0 Å². The van der Waals surface area contributed by atoms with Crippen LogP contribution in [-0.2, 0) is 10.0 Å². The van der Waals surface area contributed by atoms with Crippen molar-refractivity contribution in [2.75, 3.05) is 10.5 Å². The molecule has 6 nitrogen and oxygen atoms in total. The molecule has 2 aromatic rings. The number of aryl methyl sites for hydroxylation is 1. The molecule has 18 heavy (non-hydrogen) atoms. The maximum Gasteiger partial charge on any atom is 0.263 e. The fourth-order valence-electron chi connectivity index (χ4n) is 1.31. The van der Waals surface area contributed by atoms with Crippen LogP contribution in [0.15, 0.2) is 22.5 Å². The summed E-state index contributed by atoms with van der Waals surface area (Å²) >= 11 is 6.97. The molecule has 0 saturated carbocycles. The van der Waals surface area contributed by atoms with Crippen LogP contribution in [0.25, 0.3) is 0 Å². The summed E-state index contributed by atoms with van der Waals surface area (Å²) in [6, 6.07) is 2.75. The van der Waals surface area contributed by atoms with Crippen LogP contribution in [0.4, 0.5) is 10.8 Å². The summed E-state index contributed by atoms with van der Waals surface area (Å²) in [5, 5.41) is 7.70. The Kier molecular flexibility index (Phi) is 3.42. The molecule has 0 amide bonds. The summed E-state index contributed by atoms with van der Waals surface area (Å²) in [6.07, 6.45) is 0. The van der Waals surface area contributed by atoms with Crippen LogP contribution in [0, 0.1) is 6.92 Å². The van der Waals surface area contributed by atoms with Gasteiger partial charge in [0.15, 0.2) is 0 Å². The van der Waals surface area contributed by atoms with E-state index in [-0.39, 0.29) is 15.7 Å². The van der Waals surface area contributed by atoms with E-state index in [9.17, 15) is 8.42 Å². The molecule has 96 valence electrons. The van der Waals surface area contributed by atoms with Crippen LogP contribution in [0.2, 0.25) is 5.02 Å². The Hall–Kier alpha value is -1.38. The van der Waals surface area contributed by atoms with Crippen molar-refractivity contribution in [3.05, 3.63) is 28.2 Å². The largest absolute Gasteiger partial charge is 0.397 e. The zero-order valence-electron chi connectivity index (χ0n) is 9.21. The topological polar surface area (TPSA) is 98.0 Å². The van der Waals surface area contributed by atoms with Crippen LogP contribution >= 0.6 is 22.9 Å². The van der Waals surface area contributed by atoms with E-state index in [1.54, 1.807) is 6.92 Å². The molecule has 0 spiro atoms. The number of hydrogen-bond donors (Lipinski definition) is 2. The first-order chi connectivity index (χ1) is 8.40. The average Bonchev–Trinajstić information content (AvgIpc) is 2.77. The van der Waals surface area contributed by atoms with E-state index in [0.29, 0.717) is 10.6 Å². The fraction of sp³-hybridized carbons (Fsp3) is 0.111. The van der Waals surface area contributed by atoms with Crippen molar-refractivity contribution in [2.24, 2.45) is 0 Å². The lowest BCUT2D eigenvalue weighted by Gasteiger charge is -2.08. The van der Waals surface area contributed by atoms with E-state index in [0.717, 1.165) is 11.3 Å². The smallest absolute Gasteiger partial charge is 0.263 e. The number of rotatable bonds is 3. The van der Waals surface area contributed by atoms with E-state index in [1.807, 2.05) is 0 Å². The number of nitrogen functional groups attached to an aromatic ring is 1. The summed E-state index contributed by atoms with van der Waals surface area (Å²) in [5.74, 6) is 0. The molecule has 3 N–H and O–H groups in total. The van der Waals surface area contributed by atoms with Crippen LogP contribution < -0.4 is 10.5 Å². The Labute approximate surface area is 113 Å². The summed E-state index contributed by atoms with van der Waals surface area (Å²) in [6.45, 7) is 1.68. The maximum atomic E-state index is 12.0. The first kappa shape index (κ1) is 13.1. The van der Waals surface area contributed by atoms with Gasteiger partial charge in [-0.2, -0.15) is 0 Å². The number of benzene rings is 1. The number of sulfonamides is 1. The number of hydrogen-bond acceptors (Lipinski definition) is 6. The SMILES string of the molecule is Cc1cc(S(=O)(=O)Nc2nncs2)cc(N)c1Cl. The third kappa shape index (κ3) is 2.55. The Bertz CT molecular complexity index is 647. The quantitative estimate of drug-likeness (QED) is 0.844. The van der Waals surface area contributed by atoms with Crippen molar-refractivity contribution in [1.82, 2.24) is 10.2 Å². The predicted molar refractivity (Wildman–Crippen MR) is 71.3 cm³/mol. The summed E-state index contributed by atoms with van der Waals surface area (Å²) < 4.78 is 26.4. The van der Waals surface area contributed by atoms with E-state index in [1.165, 1.54) is 17.6 Å². The standard InChI is InChI=1S/C9H9ClN4O2S2/c1-5-2-6(3-7(11)8(5)10)18(15,16)14-9-13-12-4-17-9/h2-4H,11H2,1H3,(H,13,14). The molecule has 1 aromatic carbocycles. The number of nitrogens with two attached hydrogens (primary N) is 1. The van der Waals surface area contributed by atoms with Gasteiger partial charge in [0.05, 0.1) is 15.6 Å². The molecule has 1 heterocycles. The van der Waals surface area contributed by atoms with Gasteiger partial charge in [-0.05, 0) is 24.6 Å². The monoisotopic (exact) mass is 304 g/mol. The van der Waals surface area contributed by atoms with Crippen molar-refractivity contribution in [2.45, 2.75) is 11.8 Å². The molecular weight excluding hydrogens is 296 g/mol. The van der Waals surface area contributed by atoms with Gasteiger partial charge in [0.2, 0.25) is 5.13 Å². The van der Waals surface area contributed by atoms with Gasteiger partial charge in [0.25, 0.3) is 10.0 Å². The minimum Gasteiger partial charge on any atom is -0.397 e. The number of nitrogens with one attached hydrogen (secondary N) is 1. The molecule has 0 saturated heterocycles. The van der Waals surface area contributed by atoms with Gasteiger partial charge in [0, 0.05) is 0 Å². The first-order valence-electron chi connectivity index (χ1n) is 4.75. The molecule has 0 aliphatic heterocycles. The zero-order valence-corrected chi connectivity index (χ0v) is 11.6. The lowest BCUT2D eigenvalue weighted by molar-refractivity contribution is 0.601. The molecule has 0 unspecified atom stereocenters. The first-order valence-corrected chi connectivity index (χ1v) is 7.49. The third-order valence-corrected chi connectivity index (χ3v) is 4.72. The normalized spacial score (nSPS) is 11.4. The van der Waals surface area contributed by atoms with Gasteiger partial charge >= 0.3 is 0 Å². The molecule has 0 radical (unpaired) electrons. The number of anilines is 2. The molecular formula is C9H9ClN4O2S2. The van der Waals surface area contributed by atoms with Gasteiger partial charge in [0.1, 0.15) is 5.51 Å². The molecule has 0 fully saturated rings. The number of halogens is 1. The van der Waals surface area contributed by atoms with Gasteiger partial charge in [-0.25, -0.2) is 8.42 Å². The minimum absolute atomic E-state index is 0.0390. The zero-order chi connectivity index (χ0) is 13.3. The van der Waals surface area contributed by atoms with Gasteiger partial charge in [-0.1, -0.05) is 22.9 Å². The number of nitrogens with zero attached hydrogens (tertiary/aromatic N) is 2. The highest BCUT2D eigenvalue weighted by Gasteiger charge is 2.18. The van der Waals surface area contributed by atoms with Crippen molar-refractivity contribution in [3.8, 4) is 0 Å². The van der Waals surface area contributed by atoms with Gasteiger partial charge in [-0.15, -0.1) is 10.2 Å². The van der Waals surface area contributed by atoms with Gasteiger partial charge < -0.3 is 5.73 Å². The van der Waals surface area contributed by atoms with Crippen molar-refractivity contribution < 1.29 is 8.42 Å². The van der Waals surface area contributed by atoms with Gasteiger partial charge in [-0.3, -0.25) is 4.72 Å². The lowest BCUT2D eigenvalue weighted by atomic mass is 10.2. The van der Waals surface area contributed by atoms with Crippen molar-refractivity contribution in [1.29, 1.82) is 0 Å². The van der Waals surface area contributed by atoms with E-state index in [2.05, 4.69) is 14.9 Å². The van der Waals surface area contributed by atoms with E-state index >= 15 is 0 Å². The Balaban J connectivity index is 2.42. The summed E-state index contributed by atoms with van der Waals surface area (Å²) in [5.41, 5.74) is 7.88. The maximum absolute atomic E-state index is 12.0. The Morgan fingerprint density at radius 3 is 2.72 bits per heavy atom. The molecule has 0 atom stereocenters. The molecule has 0 aliphatic carbocycles. The molecule has 0 aliphatic rings. The summed E-state index contributed by atoms with van der Waals surface area (Å²) in [7, 11) is -3.73. The number of aromatic nitrogens is 2. The minimum atomic E-state index is -3.73. The molecule has 0 bridgehead atoms. The molecule has 9 heteroatoms. The van der Waals surface area contributed by atoms with Crippen molar-refractivity contribution in [3.63, 3.8) is 0 Å². The highest BCUT2D eigenvalue weighted by atomic mass is 35.5. The second-order valence-corrected chi connectivity index (χ2v) is 6.39. The van der Waals surface area contributed by atoms with Crippen molar-refractivity contribution >= 4 is 43.8 Å². The summed E-state index contributed by atoms with van der Waals surface area (Å²) in [4.78, 5) is 0.0390. The second kappa shape index (κ2) is 4.71. The Morgan fingerprint density at radius 1 is 1.44 bits per heavy atom. The highest BCUT2D eigenvalue weighted by Crippen LogP contribution is 2.27. The van der Waals surface area contributed by atoms with E-state index in [4.69, 9.17) is 17.3 Å². The average molecular weight is 305 g/mol.